The Bertz CT molecular complexity index is 192. The molecule has 4 heteroatoms. The normalized spacial score (nSPS) is 18.5. The molecule has 0 saturated heterocycles. The van der Waals surface area contributed by atoms with E-state index in [0.29, 0.717) is 0 Å². The molecule has 1 unspecified atom stereocenters. The lowest BCUT2D eigenvalue weighted by Crippen LogP contribution is -2.48. The molecule has 1 aliphatic rings. The average Bonchev–Trinajstić information content (AvgIpc) is 2.87. The molecule has 1 atom stereocenters. The molecule has 1 aliphatic carbocycles. The maximum Gasteiger partial charge on any atom is 0.235 e. The minimum Gasteiger partial charge on any atom is -0.368 e. The summed E-state index contributed by atoms with van der Waals surface area (Å²) in [6.45, 7) is 4.58. The van der Waals surface area contributed by atoms with Gasteiger partial charge in [0, 0.05) is 13.1 Å². The number of nitrogens with one attached hydrogen (secondary N) is 1. The monoisotopic (exact) mass is 199 g/mol. The van der Waals surface area contributed by atoms with E-state index in [1.165, 1.54) is 12.8 Å². The quantitative estimate of drug-likeness (QED) is 0.596. The van der Waals surface area contributed by atoms with E-state index in [1.54, 1.807) is 0 Å². The minimum absolute atomic E-state index is 0.205. The van der Waals surface area contributed by atoms with Crippen LogP contribution >= 0.6 is 0 Å². The summed E-state index contributed by atoms with van der Waals surface area (Å²) in [6.07, 6.45) is 2.68. The maximum atomic E-state index is 11.1. The highest BCUT2D eigenvalue weighted by molar-refractivity contribution is 5.80. The third-order valence-electron chi connectivity index (χ3n) is 2.56. The van der Waals surface area contributed by atoms with Gasteiger partial charge < -0.3 is 16.0 Å². The summed E-state index contributed by atoms with van der Waals surface area (Å²) in [6, 6.07) is -0.205. The van der Waals surface area contributed by atoms with Gasteiger partial charge in [0.05, 0.1) is 6.04 Å². The zero-order valence-electron chi connectivity index (χ0n) is 9.12. The number of rotatable bonds is 7. The number of hydrogen-bond acceptors (Lipinski definition) is 3. The fourth-order valence-electron chi connectivity index (χ4n) is 1.63. The largest absolute Gasteiger partial charge is 0.368 e. The van der Waals surface area contributed by atoms with Crippen molar-refractivity contribution in [1.29, 1.82) is 0 Å². The molecular weight excluding hydrogens is 178 g/mol. The Morgan fingerprint density at radius 1 is 1.64 bits per heavy atom. The molecule has 0 aromatic heterocycles. The fraction of sp³-hybridized carbons (Fsp3) is 0.900. The molecule has 0 spiro atoms. The number of carbonyl (C=O) groups is 1. The highest BCUT2D eigenvalue weighted by atomic mass is 16.1. The second-order valence-electron chi connectivity index (χ2n) is 4.18. The topological polar surface area (TPSA) is 58.4 Å². The van der Waals surface area contributed by atoms with Gasteiger partial charge in [-0.15, -0.1) is 0 Å². The highest BCUT2D eigenvalue weighted by Crippen LogP contribution is 2.29. The van der Waals surface area contributed by atoms with E-state index in [2.05, 4.69) is 10.2 Å². The predicted molar refractivity (Wildman–Crippen MR) is 56.9 cm³/mol. The van der Waals surface area contributed by atoms with Crippen molar-refractivity contribution in [3.63, 3.8) is 0 Å². The van der Waals surface area contributed by atoms with E-state index < -0.39 is 0 Å². The van der Waals surface area contributed by atoms with Crippen LogP contribution in [0.15, 0.2) is 0 Å². The SMILES string of the molecule is CCNC(CN(C)CC1CC1)C(N)=O. The Morgan fingerprint density at radius 3 is 2.71 bits per heavy atom. The number of nitrogens with zero attached hydrogens (tertiary/aromatic N) is 1. The van der Waals surface area contributed by atoms with Gasteiger partial charge in [0.15, 0.2) is 0 Å². The smallest absolute Gasteiger partial charge is 0.235 e. The molecule has 1 amide bonds. The van der Waals surface area contributed by atoms with E-state index in [4.69, 9.17) is 5.73 Å². The van der Waals surface area contributed by atoms with Crippen molar-refractivity contribution in [2.75, 3.05) is 26.7 Å². The summed E-state index contributed by atoms with van der Waals surface area (Å²) < 4.78 is 0. The second-order valence-corrected chi connectivity index (χ2v) is 4.18. The predicted octanol–water partition coefficient (Wildman–Crippen LogP) is -0.208. The lowest BCUT2D eigenvalue weighted by Gasteiger charge is -2.22. The van der Waals surface area contributed by atoms with Crippen LogP contribution < -0.4 is 11.1 Å². The molecule has 0 aromatic carbocycles. The first-order valence-electron chi connectivity index (χ1n) is 5.34. The number of carbonyl (C=O) groups excluding carboxylic acids is 1. The summed E-state index contributed by atoms with van der Waals surface area (Å²) in [5.41, 5.74) is 5.29. The Balaban J connectivity index is 2.25. The highest BCUT2D eigenvalue weighted by Gasteiger charge is 2.24. The minimum atomic E-state index is -0.255. The molecule has 3 N–H and O–H groups in total. The Labute approximate surface area is 85.8 Å². The molecule has 0 aliphatic heterocycles. The van der Waals surface area contributed by atoms with Gasteiger partial charge in [0.25, 0.3) is 0 Å². The molecule has 1 fully saturated rings. The van der Waals surface area contributed by atoms with Crippen molar-refractivity contribution >= 4 is 5.91 Å². The summed E-state index contributed by atoms with van der Waals surface area (Å²) in [5.74, 6) is 0.602. The number of hydrogen-bond donors (Lipinski definition) is 2. The number of nitrogens with two attached hydrogens (primary N) is 1. The van der Waals surface area contributed by atoms with Crippen molar-refractivity contribution in [2.45, 2.75) is 25.8 Å². The summed E-state index contributed by atoms with van der Waals surface area (Å²) in [5, 5.41) is 3.09. The van der Waals surface area contributed by atoms with Crippen LogP contribution in [0.4, 0.5) is 0 Å². The van der Waals surface area contributed by atoms with Crippen LogP contribution in [-0.4, -0.2) is 43.5 Å². The lowest BCUT2D eigenvalue weighted by molar-refractivity contribution is -0.120. The Kier molecular flexibility index (Phi) is 4.35. The van der Waals surface area contributed by atoms with Crippen LogP contribution in [0.2, 0.25) is 0 Å². The number of primary amides is 1. The first kappa shape index (κ1) is 11.5. The molecule has 0 bridgehead atoms. The first-order chi connectivity index (χ1) is 6.63. The summed E-state index contributed by atoms with van der Waals surface area (Å²) in [7, 11) is 2.05. The van der Waals surface area contributed by atoms with Crippen LogP contribution in [0.25, 0.3) is 0 Å². The Morgan fingerprint density at radius 2 is 2.29 bits per heavy atom. The third-order valence-corrected chi connectivity index (χ3v) is 2.56. The average molecular weight is 199 g/mol. The van der Waals surface area contributed by atoms with Crippen molar-refractivity contribution in [1.82, 2.24) is 10.2 Å². The van der Waals surface area contributed by atoms with Crippen molar-refractivity contribution in [2.24, 2.45) is 11.7 Å². The van der Waals surface area contributed by atoms with Gasteiger partial charge in [-0.1, -0.05) is 6.92 Å². The Hall–Kier alpha value is -0.610. The van der Waals surface area contributed by atoms with Gasteiger partial charge in [0.1, 0.15) is 0 Å². The van der Waals surface area contributed by atoms with Crippen molar-refractivity contribution in [3.05, 3.63) is 0 Å². The standard InChI is InChI=1S/C10H21N3O/c1-3-12-9(10(11)14)7-13(2)6-8-4-5-8/h8-9,12H,3-7H2,1-2H3,(H2,11,14). The first-order valence-corrected chi connectivity index (χ1v) is 5.34. The van der Waals surface area contributed by atoms with Crippen molar-refractivity contribution in [3.8, 4) is 0 Å². The van der Waals surface area contributed by atoms with E-state index in [9.17, 15) is 4.79 Å². The molecular formula is C10H21N3O. The second kappa shape index (κ2) is 5.32. The molecule has 0 heterocycles. The third kappa shape index (κ3) is 4.07. The summed E-state index contributed by atoms with van der Waals surface area (Å²) >= 11 is 0. The zero-order chi connectivity index (χ0) is 10.6. The van der Waals surface area contributed by atoms with Crippen molar-refractivity contribution < 1.29 is 4.79 Å². The van der Waals surface area contributed by atoms with Crippen LogP contribution in [-0.2, 0) is 4.79 Å². The molecule has 14 heavy (non-hydrogen) atoms. The van der Waals surface area contributed by atoms with Gasteiger partial charge in [-0.3, -0.25) is 4.79 Å². The fourth-order valence-corrected chi connectivity index (χ4v) is 1.63. The van der Waals surface area contributed by atoms with Crippen LogP contribution in [0.5, 0.6) is 0 Å². The maximum absolute atomic E-state index is 11.1. The molecule has 0 aromatic rings. The molecule has 1 rings (SSSR count). The molecule has 1 saturated carbocycles. The van der Waals surface area contributed by atoms with Gasteiger partial charge in [-0.2, -0.15) is 0 Å². The molecule has 0 radical (unpaired) electrons. The van der Waals surface area contributed by atoms with Gasteiger partial charge in [-0.25, -0.2) is 0 Å². The van der Waals surface area contributed by atoms with E-state index in [1.807, 2.05) is 14.0 Å². The number of likely N-dealkylation sites (N-methyl/N-ethyl adjacent to an activating group) is 2. The molecule has 82 valence electrons. The van der Waals surface area contributed by atoms with Crippen LogP contribution in [0.1, 0.15) is 19.8 Å². The van der Waals surface area contributed by atoms with E-state index in [0.717, 1.165) is 25.6 Å². The molecule has 4 nitrogen and oxygen atoms in total. The van der Waals surface area contributed by atoms with Crippen LogP contribution in [0, 0.1) is 5.92 Å². The van der Waals surface area contributed by atoms with E-state index >= 15 is 0 Å². The van der Waals surface area contributed by atoms with Gasteiger partial charge >= 0.3 is 0 Å². The lowest BCUT2D eigenvalue weighted by atomic mass is 10.2. The van der Waals surface area contributed by atoms with E-state index in [-0.39, 0.29) is 11.9 Å². The van der Waals surface area contributed by atoms with Crippen LogP contribution in [0.3, 0.4) is 0 Å². The van der Waals surface area contributed by atoms with Gasteiger partial charge in [-0.05, 0) is 32.4 Å². The number of amides is 1. The van der Waals surface area contributed by atoms with Gasteiger partial charge in [0.2, 0.25) is 5.91 Å². The zero-order valence-corrected chi connectivity index (χ0v) is 9.12. The summed E-state index contributed by atoms with van der Waals surface area (Å²) in [4.78, 5) is 13.2.